The van der Waals surface area contributed by atoms with Gasteiger partial charge in [0, 0.05) is 12.5 Å². The average Bonchev–Trinajstić information content (AvgIpc) is 2.29. The summed E-state index contributed by atoms with van der Waals surface area (Å²) in [6.07, 6.45) is 7.44. The Labute approximate surface area is 105 Å². The van der Waals surface area contributed by atoms with Crippen LogP contribution in [0.1, 0.15) is 52.4 Å². The fourth-order valence-corrected chi connectivity index (χ4v) is 2.78. The Balaban J connectivity index is 2.10. The van der Waals surface area contributed by atoms with Crippen molar-refractivity contribution in [3.8, 4) is 0 Å². The molecule has 17 heavy (non-hydrogen) atoms. The Hall–Kier alpha value is -0.770. The largest absolute Gasteiger partial charge is 0.409 e. The van der Waals surface area contributed by atoms with Crippen LogP contribution in [0.5, 0.6) is 0 Å². The van der Waals surface area contributed by atoms with Crippen LogP contribution in [0.25, 0.3) is 0 Å². The van der Waals surface area contributed by atoms with Gasteiger partial charge in [-0.1, -0.05) is 31.3 Å². The molecule has 0 saturated heterocycles. The van der Waals surface area contributed by atoms with Gasteiger partial charge in [0.25, 0.3) is 0 Å². The molecule has 4 nitrogen and oxygen atoms in total. The zero-order valence-electron chi connectivity index (χ0n) is 11.2. The maximum atomic E-state index is 8.48. The highest BCUT2D eigenvalue weighted by molar-refractivity contribution is 5.80. The Morgan fingerprint density at radius 1 is 1.53 bits per heavy atom. The maximum Gasteiger partial charge on any atom is 0.140 e. The van der Waals surface area contributed by atoms with Crippen LogP contribution >= 0.6 is 0 Å². The number of nitrogens with zero attached hydrogens (tertiary/aromatic N) is 1. The normalized spacial score (nSPS) is 28.0. The minimum absolute atomic E-state index is 0.284. The van der Waals surface area contributed by atoms with Gasteiger partial charge in [-0.3, -0.25) is 0 Å². The molecule has 0 spiro atoms. The molecule has 3 atom stereocenters. The van der Waals surface area contributed by atoms with Crippen LogP contribution in [0.15, 0.2) is 5.16 Å². The van der Waals surface area contributed by atoms with Gasteiger partial charge >= 0.3 is 0 Å². The van der Waals surface area contributed by atoms with E-state index in [0.29, 0.717) is 12.3 Å². The van der Waals surface area contributed by atoms with Crippen LogP contribution in [0.2, 0.25) is 0 Å². The second kappa shape index (κ2) is 7.54. The third kappa shape index (κ3) is 5.91. The van der Waals surface area contributed by atoms with Crippen molar-refractivity contribution in [2.24, 2.45) is 22.7 Å². The van der Waals surface area contributed by atoms with E-state index in [9.17, 15) is 0 Å². The third-order valence-electron chi connectivity index (χ3n) is 3.73. The van der Waals surface area contributed by atoms with Gasteiger partial charge in [-0.05, 0) is 38.1 Å². The first kappa shape index (κ1) is 14.3. The molecule has 0 aromatic heterocycles. The van der Waals surface area contributed by atoms with E-state index in [-0.39, 0.29) is 6.04 Å². The molecule has 0 amide bonds. The fourth-order valence-electron chi connectivity index (χ4n) is 2.78. The second-order valence-corrected chi connectivity index (χ2v) is 5.58. The van der Waals surface area contributed by atoms with Crippen molar-refractivity contribution >= 4 is 5.84 Å². The van der Waals surface area contributed by atoms with Gasteiger partial charge in [0.15, 0.2) is 0 Å². The molecule has 100 valence electrons. The molecule has 1 rings (SSSR count). The van der Waals surface area contributed by atoms with Crippen molar-refractivity contribution in [3.05, 3.63) is 0 Å². The molecule has 4 heteroatoms. The van der Waals surface area contributed by atoms with Crippen LogP contribution in [0, 0.1) is 11.8 Å². The van der Waals surface area contributed by atoms with Gasteiger partial charge in [-0.2, -0.15) is 0 Å². The van der Waals surface area contributed by atoms with E-state index in [1.54, 1.807) is 0 Å². The van der Waals surface area contributed by atoms with E-state index in [0.717, 1.165) is 18.4 Å². The highest BCUT2D eigenvalue weighted by Crippen LogP contribution is 2.30. The first-order valence-corrected chi connectivity index (χ1v) is 6.81. The number of amidine groups is 1. The summed E-state index contributed by atoms with van der Waals surface area (Å²) in [7, 11) is 0. The molecule has 1 fully saturated rings. The molecule has 0 aromatic rings. The summed E-state index contributed by atoms with van der Waals surface area (Å²) in [5, 5.41) is 14.9. The molecule has 0 aliphatic heterocycles. The van der Waals surface area contributed by atoms with Crippen LogP contribution in [0.4, 0.5) is 0 Å². The highest BCUT2D eigenvalue weighted by Gasteiger charge is 2.18. The van der Waals surface area contributed by atoms with E-state index in [1.165, 1.54) is 32.1 Å². The molecule has 1 aliphatic rings. The zero-order valence-corrected chi connectivity index (χ0v) is 11.2. The smallest absolute Gasteiger partial charge is 0.140 e. The van der Waals surface area contributed by atoms with Gasteiger partial charge in [0.2, 0.25) is 0 Å². The molecule has 0 radical (unpaired) electrons. The number of oxime groups is 1. The summed E-state index contributed by atoms with van der Waals surface area (Å²) >= 11 is 0. The molecule has 0 aromatic carbocycles. The van der Waals surface area contributed by atoms with E-state index in [1.807, 2.05) is 0 Å². The van der Waals surface area contributed by atoms with Crippen molar-refractivity contribution < 1.29 is 5.21 Å². The molecule has 0 heterocycles. The topological polar surface area (TPSA) is 70.6 Å². The SMILES string of the molecule is CC1CCCC(CCNC(C)CC(N)=NO)C1. The summed E-state index contributed by atoms with van der Waals surface area (Å²) in [4.78, 5) is 0. The van der Waals surface area contributed by atoms with Crippen LogP contribution in [-0.2, 0) is 0 Å². The molecule has 3 unspecified atom stereocenters. The predicted molar refractivity (Wildman–Crippen MR) is 71.2 cm³/mol. The number of hydrogen-bond acceptors (Lipinski definition) is 3. The molecular formula is C13H27N3O. The summed E-state index contributed by atoms with van der Waals surface area (Å²) < 4.78 is 0. The summed E-state index contributed by atoms with van der Waals surface area (Å²) in [6.45, 7) is 5.47. The van der Waals surface area contributed by atoms with Gasteiger partial charge in [-0.25, -0.2) is 0 Å². The van der Waals surface area contributed by atoms with Crippen LogP contribution in [0.3, 0.4) is 0 Å². The number of rotatable bonds is 6. The molecule has 4 N–H and O–H groups in total. The van der Waals surface area contributed by atoms with Crippen molar-refractivity contribution in [2.75, 3.05) is 6.54 Å². The molecule has 1 saturated carbocycles. The van der Waals surface area contributed by atoms with Gasteiger partial charge < -0.3 is 16.3 Å². The lowest BCUT2D eigenvalue weighted by Gasteiger charge is -2.27. The number of nitrogens with one attached hydrogen (secondary N) is 1. The zero-order chi connectivity index (χ0) is 12.7. The minimum atomic E-state index is 0.284. The Kier molecular flexibility index (Phi) is 6.34. The third-order valence-corrected chi connectivity index (χ3v) is 3.73. The second-order valence-electron chi connectivity index (χ2n) is 5.58. The quantitative estimate of drug-likeness (QED) is 0.289. The molecule has 1 aliphatic carbocycles. The first-order valence-electron chi connectivity index (χ1n) is 6.81. The van der Waals surface area contributed by atoms with Crippen molar-refractivity contribution in [2.45, 2.75) is 58.4 Å². The average molecular weight is 241 g/mol. The lowest BCUT2D eigenvalue weighted by atomic mass is 9.81. The summed E-state index contributed by atoms with van der Waals surface area (Å²) in [5.41, 5.74) is 5.47. The molecular weight excluding hydrogens is 214 g/mol. The minimum Gasteiger partial charge on any atom is -0.409 e. The van der Waals surface area contributed by atoms with E-state index in [2.05, 4.69) is 24.3 Å². The van der Waals surface area contributed by atoms with Gasteiger partial charge in [-0.15, -0.1) is 0 Å². The van der Waals surface area contributed by atoms with Crippen molar-refractivity contribution in [3.63, 3.8) is 0 Å². The van der Waals surface area contributed by atoms with Crippen molar-refractivity contribution in [1.82, 2.24) is 5.32 Å². The van der Waals surface area contributed by atoms with Gasteiger partial charge in [0.05, 0.1) is 0 Å². The Morgan fingerprint density at radius 2 is 2.29 bits per heavy atom. The lowest BCUT2D eigenvalue weighted by molar-refractivity contribution is 0.265. The summed E-state index contributed by atoms with van der Waals surface area (Å²) in [5.74, 6) is 2.10. The standard InChI is InChI=1S/C13H27N3O/c1-10-4-3-5-12(8-10)6-7-15-11(2)9-13(14)16-17/h10-12,15,17H,3-9H2,1-2H3,(H2,14,16). The van der Waals surface area contributed by atoms with Crippen LogP contribution in [-0.4, -0.2) is 23.6 Å². The number of hydrogen-bond donors (Lipinski definition) is 3. The molecule has 0 bridgehead atoms. The summed E-state index contributed by atoms with van der Waals surface area (Å²) in [6, 6.07) is 0.284. The number of nitrogens with two attached hydrogens (primary N) is 1. The van der Waals surface area contributed by atoms with E-state index in [4.69, 9.17) is 10.9 Å². The highest BCUT2D eigenvalue weighted by atomic mass is 16.4. The van der Waals surface area contributed by atoms with Gasteiger partial charge in [0.1, 0.15) is 5.84 Å². The van der Waals surface area contributed by atoms with E-state index >= 15 is 0 Å². The van der Waals surface area contributed by atoms with E-state index < -0.39 is 0 Å². The predicted octanol–water partition coefficient (Wildman–Crippen LogP) is 2.32. The van der Waals surface area contributed by atoms with Crippen molar-refractivity contribution in [1.29, 1.82) is 0 Å². The fraction of sp³-hybridized carbons (Fsp3) is 0.923. The first-order chi connectivity index (χ1) is 8.11. The maximum absolute atomic E-state index is 8.48. The van der Waals surface area contributed by atoms with Crippen LogP contribution < -0.4 is 11.1 Å². The Morgan fingerprint density at radius 3 is 2.94 bits per heavy atom. The monoisotopic (exact) mass is 241 g/mol. The Bertz CT molecular complexity index is 243. The lowest BCUT2D eigenvalue weighted by Crippen LogP contribution is -2.32.